The Balaban J connectivity index is 1.22. The second kappa shape index (κ2) is 9.85. The number of likely N-dealkylation sites (tertiary alicyclic amines) is 1. The molecule has 0 saturated carbocycles. The second-order valence-electron chi connectivity index (χ2n) is 8.84. The van der Waals surface area contributed by atoms with Gasteiger partial charge in [0.25, 0.3) is 0 Å². The van der Waals surface area contributed by atoms with Crippen molar-refractivity contribution in [2.24, 2.45) is 5.92 Å². The Morgan fingerprint density at radius 1 is 1.18 bits per heavy atom. The maximum atomic E-state index is 13.9. The highest BCUT2D eigenvalue weighted by atomic mass is 32.2. The molecule has 3 N–H and O–H groups in total. The number of nitrogens with zero attached hydrogens (tertiary/aromatic N) is 1. The van der Waals surface area contributed by atoms with E-state index in [1.165, 1.54) is 23.9 Å². The van der Waals surface area contributed by atoms with Crippen LogP contribution in [0.25, 0.3) is 5.57 Å². The zero-order valence-electron chi connectivity index (χ0n) is 18.5. The summed E-state index contributed by atoms with van der Waals surface area (Å²) in [6, 6.07) is 13.3. The van der Waals surface area contributed by atoms with Crippen LogP contribution in [0.3, 0.4) is 0 Å². The van der Waals surface area contributed by atoms with Crippen LogP contribution in [0.5, 0.6) is 0 Å². The average Bonchev–Trinajstić information content (AvgIpc) is 3.29. The van der Waals surface area contributed by atoms with Crippen molar-refractivity contribution in [2.45, 2.75) is 37.0 Å². The summed E-state index contributed by atoms with van der Waals surface area (Å²) in [5, 5.41) is 11.3. The summed E-state index contributed by atoms with van der Waals surface area (Å²) in [5.41, 5.74) is 2.43. The summed E-state index contributed by atoms with van der Waals surface area (Å²) in [6.45, 7) is 1.24. The van der Waals surface area contributed by atoms with Gasteiger partial charge in [0.1, 0.15) is 23.2 Å². The van der Waals surface area contributed by atoms with E-state index in [0.29, 0.717) is 13.0 Å². The summed E-state index contributed by atoms with van der Waals surface area (Å²) >= 11 is 1.52. The third-order valence-electron chi connectivity index (χ3n) is 6.62. The lowest BCUT2D eigenvalue weighted by Gasteiger charge is -2.43. The molecule has 3 aliphatic heterocycles. The quantitative estimate of drug-likeness (QED) is 0.609. The Kier molecular flexibility index (Phi) is 6.67. The Hall–Kier alpha value is -2.75. The Morgan fingerprint density at radius 2 is 2.00 bits per heavy atom. The van der Waals surface area contributed by atoms with Crippen molar-refractivity contribution < 1.29 is 18.4 Å². The van der Waals surface area contributed by atoms with Gasteiger partial charge in [-0.3, -0.25) is 19.8 Å². The first kappa shape index (κ1) is 23.0. The molecule has 6 nitrogen and oxygen atoms in total. The second-order valence-corrected chi connectivity index (χ2v) is 9.85. The fraction of sp³-hybridized carbons (Fsp3) is 0.360. The fourth-order valence-corrected chi connectivity index (χ4v) is 5.95. The van der Waals surface area contributed by atoms with Crippen LogP contribution in [-0.2, 0) is 16.1 Å². The van der Waals surface area contributed by atoms with E-state index in [2.05, 4.69) is 26.3 Å². The van der Waals surface area contributed by atoms with Crippen LogP contribution >= 0.6 is 11.8 Å². The first-order valence-electron chi connectivity index (χ1n) is 11.4. The van der Waals surface area contributed by atoms with Gasteiger partial charge in [0.05, 0.1) is 12.0 Å². The van der Waals surface area contributed by atoms with E-state index in [-0.39, 0.29) is 47.4 Å². The van der Waals surface area contributed by atoms with Crippen molar-refractivity contribution in [3.63, 3.8) is 0 Å². The van der Waals surface area contributed by atoms with Gasteiger partial charge < -0.3 is 10.6 Å². The minimum absolute atomic E-state index is 0.00602. The predicted molar refractivity (Wildman–Crippen MR) is 127 cm³/mol. The Bertz CT molecular complexity index is 1110. The molecule has 2 aromatic rings. The summed E-state index contributed by atoms with van der Waals surface area (Å²) in [6.07, 6.45) is 1.15. The molecule has 0 aromatic heterocycles. The monoisotopic (exact) mass is 484 g/mol. The molecule has 2 fully saturated rings. The fourth-order valence-electron chi connectivity index (χ4n) is 4.80. The van der Waals surface area contributed by atoms with Gasteiger partial charge in [-0.05, 0) is 35.5 Å². The van der Waals surface area contributed by atoms with Crippen molar-refractivity contribution >= 4 is 29.1 Å². The minimum Gasteiger partial charge on any atom is -0.352 e. The molecule has 2 aromatic carbocycles. The van der Waals surface area contributed by atoms with Crippen molar-refractivity contribution in [3.8, 4) is 0 Å². The molecule has 0 radical (unpaired) electrons. The van der Waals surface area contributed by atoms with Crippen LogP contribution in [0.1, 0.15) is 24.0 Å². The standard InChI is InChI=1S/C25H26F2N4O2S/c26-18-9-8-16(20(27)11-18)12-28-23(32)17-7-4-10-31(13-17)25-29-21-19(15-5-2-1-3-6-15)14-34-22(21)24(33)30-25/h1-3,5-6,8-9,11,14,17,21-22,25,29H,4,7,10,12-13H2,(H,28,32)(H,30,33). The summed E-state index contributed by atoms with van der Waals surface area (Å²) < 4.78 is 27.0. The Labute approximate surface area is 201 Å². The van der Waals surface area contributed by atoms with E-state index >= 15 is 0 Å². The summed E-state index contributed by atoms with van der Waals surface area (Å²) in [4.78, 5) is 27.8. The lowest BCUT2D eigenvalue weighted by atomic mass is 9.94. The molecule has 34 heavy (non-hydrogen) atoms. The van der Waals surface area contributed by atoms with Crippen molar-refractivity contribution in [3.05, 3.63) is 76.7 Å². The van der Waals surface area contributed by atoms with Crippen molar-refractivity contribution in [1.82, 2.24) is 20.9 Å². The van der Waals surface area contributed by atoms with Crippen LogP contribution in [0, 0.1) is 17.6 Å². The van der Waals surface area contributed by atoms with Crippen LogP contribution in [0.15, 0.2) is 53.9 Å². The Morgan fingerprint density at radius 3 is 2.79 bits per heavy atom. The number of piperidine rings is 1. The van der Waals surface area contributed by atoms with Crippen LogP contribution in [0.2, 0.25) is 0 Å². The third-order valence-corrected chi connectivity index (χ3v) is 7.79. The average molecular weight is 485 g/mol. The molecule has 2 saturated heterocycles. The van der Waals surface area contributed by atoms with Crippen molar-refractivity contribution in [1.29, 1.82) is 0 Å². The number of hydrogen-bond acceptors (Lipinski definition) is 5. The molecule has 3 heterocycles. The lowest BCUT2D eigenvalue weighted by Crippen LogP contribution is -2.69. The number of nitrogens with one attached hydrogen (secondary N) is 3. The highest BCUT2D eigenvalue weighted by Crippen LogP contribution is 2.38. The van der Waals surface area contributed by atoms with E-state index in [1.54, 1.807) is 0 Å². The number of fused-ring (bicyclic) bond motifs is 1. The van der Waals surface area contributed by atoms with Crippen molar-refractivity contribution in [2.75, 3.05) is 13.1 Å². The van der Waals surface area contributed by atoms with Crippen LogP contribution in [-0.4, -0.2) is 47.4 Å². The number of thioether (sulfide) groups is 1. The van der Waals surface area contributed by atoms with Crippen LogP contribution < -0.4 is 16.0 Å². The van der Waals surface area contributed by atoms with E-state index in [4.69, 9.17) is 0 Å². The minimum atomic E-state index is -0.675. The van der Waals surface area contributed by atoms with E-state index in [1.807, 2.05) is 30.3 Å². The smallest absolute Gasteiger partial charge is 0.237 e. The molecule has 4 unspecified atom stereocenters. The first-order chi connectivity index (χ1) is 16.5. The van der Waals surface area contributed by atoms with Gasteiger partial charge in [-0.25, -0.2) is 8.78 Å². The molecule has 2 amide bonds. The van der Waals surface area contributed by atoms with Gasteiger partial charge in [-0.1, -0.05) is 36.4 Å². The molecule has 0 spiro atoms. The summed E-state index contributed by atoms with van der Waals surface area (Å²) in [7, 11) is 0. The zero-order chi connectivity index (χ0) is 23.7. The van der Waals surface area contributed by atoms with Gasteiger partial charge in [-0.15, -0.1) is 11.8 Å². The number of hydrogen-bond donors (Lipinski definition) is 3. The van der Waals surface area contributed by atoms with Gasteiger partial charge >= 0.3 is 0 Å². The normalized spacial score (nSPS) is 27.0. The number of benzene rings is 2. The predicted octanol–water partition coefficient (Wildman–Crippen LogP) is 2.82. The number of carbonyl (C=O) groups is 2. The number of rotatable bonds is 5. The molecule has 3 aliphatic rings. The number of halogens is 2. The molecule has 4 atom stereocenters. The summed E-state index contributed by atoms with van der Waals surface area (Å²) in [5.74, 6) is -1.79. The highest BCUT2D eigenvalue weighted by molar-refractivity contribution is 8.04. The van der Waals surface area contributed by atoms with E-state index in [0.717, 1.165) is 30.2 Å². The largest absolute Gasteiger partial charge is 0.352 e. The maximum Gasteiger partial charge on any atom is 0.237 e. The van der Waals surface area contributed by atoms with Gasteiger partial charge in [-0.2, -0.15) is 0 Å². The molecule has 178 valence electrons. The molecule has 5 rings (SSSR count). The molecule has 0 aliphatic carbocycles. The zero-order valence-corrected chi connectivity index (χ0v) is 19.3. The van der Waals surface area contributed by atoms with Gasteiger partial charge in [0.2, 0.25) is 11.8 Å². The number of amides is 2. The molecule has 9 heteroatoms. The third kappa shape index (κ3) is 4.73. The molecular formula is C25H26F2N4O2S. The molecule has 0 bridgehead atoms. The van der Waals surface area contributed by atoms with Gasteiger partial charge in [0, 0.05) is 31.3 Å². The maximum absolute atomic E-state index is 13.9. The van der Waals surface area contributed by atoms with E-state index in [9.17, 15) is 18.4 Å². The van der Waals surface area contributed by atoms with E-state index < -0.39 is 11.6 Å². The number of carbonyl (C=O) groups excluding carboxylic acids is 2. The van der Waals surface area contributed by atoms with Gasteiger partial charge in [0.15, 0.2) is 0 Å². The lowest BCUT2D eigenvalue weighted by molar-refractivity contribution is -0.129. The van der Waals surface area contributed by atoms with Crippen LogP contribution in [0.4, 0.5) is 8.78 Å². The topological polar surface area (TPSA) is 73.5 Å². The first-order valence-corrected chi connectivity index (χ1v) is 12.4. The highest BCUT2D eigenvalue weighted by Gasteiger charge is 2.44. The SMILES string of the molecule is O=C(NCc1ccc(F)cc1F)C1CCCN(C2NC(=O)C3SC=C(c4ccccc4)C3N2)C1. The molecular weight excluding hydrogens is 458 g/mol.